The number of rotatable bonds is 4. The number of amides is 1. The maximum Gasteiger partial charge on any atom is 0.254 e. The SMILES string of the molecule is CC.CC1CCCN1C1CC(Oc2ccc(C(=O)N3CCOCC3)cc2)C1. The van der Waals surface area contributed by atoms with E-state index in [0.29, 0.717) is 38.4 Å². The molecule has 3 aliphatic rings. The number of hydrogen-bond acceptors (Lipinski definition) is 4. The quantitative estimate of drug-likeness (QED) is 0.808. The zero-order valence-electron chi connectivity index (χ0n) is 17.0. The minimum Gasteiger partial charge on any atom is -0.490 e. The number of morpholine rings is 1. The standard InChI is InChI=1S/C20H28N2O3.C2H6/c1-15-3-2-8-22(15)17-13-19(14-17)25-18-6-4-16(5-7-18)20(23)21-9-11-24-12-10-21;1-2/h4-7,15,17,19H,2-3,8-14H2,1H3;1-2H3. The van der Waals surface area contributed by atoms with Crippen LogP contribution in [-0.4, -0.2) is 66.7 Å². The number of hydrogen-bond donors (Lipinski definition) is 0. The van der Waals surface area contributed by atoms with Gasteiger partial charge in [0.15, 0.2) is 0 Å². The molecule has 5 nitrogen and oxygen atoms in total. The van der Waals surface area contributed by atoms with Gasteiger partial charge in [0, 0.05) is 43.6 Å². The molecule has 1 unspecified atom stereocenters. The molecule has 1 aromatic carbocycles. The summed E-state index contributed by atoms with van der Waals surface area (Å²) in [7, 11) is 0. The first-order valence-corrected chi connectivity index (χ1v) is 10.6. The van der Waals surface area contributed by atoms with Crippen molar-refractivity contribution in [3.63, 3.8) is 0 Å². The normalized spacial score (nSPS) is 28.1. The van der Waals surface area contributed by atoms with Crippen molar-refractivity contribution in [3.8, 4) is 5.75 Å². The van der Waals surface area contributed by atoms with Crippen molar-refractivity contribution in [2.75, 3.05) is 32.8 Å². The summed E-state index contributed by atoms with van der Waals surface area (Å²) in [5, 5.41) is 0. The second-order valence-corrected chi connectivity index (χ2v) is 7.52. The Labute approximate surface area is 163 Å². The third-order valence-electron chi connectivity index (χ3n) is 5.85. The predicted molar refractivity (Wildman–Crippen MR) is 107 cm³/mol. The van der Waals surface area contributed by atoms with Gasteiger partial charge in [-0.15, -0.1) is 0 Å². The Morgan fingerprint density at radius 1 is 1.07 bits per heavy atom. The minimum atomic E-state index is 0.0848. The number of carbonyl (C=O) groups is 1. The van der Waals surface area contributed by atoms with E-state index in [-0.39, 0.29) is 5.91 Å². The Bertz CT molecular complexity index is 592. The largest absolute Gasteiger partial charge is 0.490 e. The van der Waals surface area contributed by atoms with Gasteiger partial charge in [0.1, 0.15) is 11.9 Å². The first-order valence-electron chi connectivity index (χ1n) is 10.6. The lowest BCUT2D eigenvalue weighted by molar-refractivity contribution is 0.0141. The monoisotopic (exact) mass is 374 g/mol. The molecule has 2 heterocycles. The van der Waals surface area contributed by atoms with Crippen LogP contribution in [-0.2, 0) is 4.74 Å². The third kappa shape index (κ3) is 4.82. The number of likely N-dealkylation sites (tertiary alicyclic amines) is 1. The summed E-state index contributed by atoms with van der Waals surface area (Å²) in [6.07, 6.45) is 5.23. The molecule has 27 heavy (non-hydrogen) atoms. The number of benzene rings is 1. The van der Waals surface area contributed by atoms with Crippen molar-refractivity contribution in [1.29, 1.82) is 0 Å². The van der Waals surface area contributed by atoms with Crippen LogP contribution < -0.4 is 4.74 Å². The topological polar surface area (TPSA) is 42.0 Å². The van der Waals surface area contributed by atoms with Crippen LogP contribution in [0.3, 0.4) is 0 Å². The zero-order valence-corrected chi connectivity index (χ0v) is 17.0. The molecule has 0 N–H and O–H groups in total. The highest BCUT2D eigenvalue weighted by Crippen LogP contribution is 2.34. The van der Waals surface area contributed by atoms with E-state index in [9.17, 15) is 4.79 Å². The van der Waals surface area contributed by atoms with E-state index in [0.717, 1.165) is 30.2 Å². The van der Waals surface area contributed by atoms with Crippen molar-refractivity contribution in [3.05, 3.63) is 29.8 Å². The van der Waals surface area contributed by atoms with Gasteiger partial charge < -0.3 is 14.4 Å². The molecule has 1 atom stereocenters. The number of ether oxygens (including phenoxy) is 2. The lowest BCUT2D eigenvalue weighted by Crippen LogP contribution is -2.50. The smallest absolute Gasteiger partial charge is 0.254 e. The average molecular weight is 375 g/mol. The van der Waals surface area contributed by atoms with Crippen LogP contribution in [0.4, 0.5) is 0 Å². The fourth-order valence-corrected chi connectivity index (χ4v) is 4.22. The molecule has 0 bridgehead atoms. The lowest BCUT2D eigenvalue weighted by Gasteiger charge is -2.42. The second kappa shape index (κ2) is 9.56. The molecule has 0 aromatic heterocycles. The molecule has 3 fully saturated rings. The summed E-state index contributed by atoms with van der Waals surface area (Å²) >= 11 is 0. The summed E-state index contributed by atoms with van der Waals surface area (Å²) in [5.41, 5.74) is 0.728. The van der Waals surface area contributed by atoms with Gasteiger partial charge in [-0.2, -0.15) is 0 Å². The van der Waals surface area contributed by atoms with Crippen molar-refractivity contribution in [1.82, 2.24) is 9.80 Å². The molecular formula is C22H34N2O3. The van der Waals surface area contributed by atoms with Gasteiger partial charge >= 0.3 is 0 Å². The molecule has 1 aliphatic carbocycles. The first kappa shape index (κ1) is 20.2. The van der Waals surface area contributed by atoms with Crippen LogP contribution >= 0.6 is 0 Å². The highest BCUT2D eigenvalue weighted by Gasteiger charge is 2.38. The molecule has 4 rings (SSSR count). The molecule has 2 saturated heterocycles. The fourth-order valence-electron chi connectivity index (χ4n) is 4.22. The first-order chi connectivity index (χ1) is 13.2. The van der Waals surface area contributed by atoms with E-state index in [1.165, 1.54) is 19.4 Å². The maximum absolute atomic E-state index is 12.4. The summed E-state index contributed by atoms with van der Waals surface area (Å²) in [6, 6.07) is 9.05. The van der Waals surface area contributed by atoms with Gasteiger partial charge in [0.2, 0.25) is 0 Å². The molecule has 1 amide bonds. The molecule has 0 radical (unpaired) electrons. The van der Waals surface area contributed by atoms with Gasteiger partial charge in [0.05, 0.1) is 13.2 Å². The van der Waals surface area contributed by atoms with Crippen LogP contribution in [0.2, 0.25) is 0 Å². The molecule has 5 heteroatoms. The zero-order chi connectivity index (χ0) is 19.2. The molecule has 150 valence electrons. The van der Waals surface area contributed by atoms with E-state index in [2.05, 4.69) is 11.8 Å². The van der Waals surface area contributed by atoms with E-state index in [1.54, 1.807) is 0 Å². The van der Waals surface area contributed by atoms with Crippen LogP contribution in [0.5, 0.6) is 5.75 Å². The number of nitrogens with zero attached hydrogens (tertiary/aromatic N) is 2. The summed E-state index contributed by atoms with van der Waals surface area (Å²) in [4.78, 5) is 16.9. The lowest BCUT2D eigenvalue weighted by atomic mass is 9.87. The van der Waals surface area contributed by atoms with Gasteiger partial charge in [-0.1, -0.05) is 13.8 Å². The summed E-state index contributed by atoms with van der Waals surface area (Å²) < 4.78 is 11.4. The maximum atomic E-state index is 12.4. The van der Waals surface area contributed by atoms with E-state index < -0.39 is 0 Å². The molecule has 1 saturated carbocycles. The van der Waals surface area contributed by atoms with Crippen LogP contribution in [0.15, 0.2) is 24.3 Å². The molecule has 1 aromatic rings. The Morgan fingerprint density at radius 3 is 2.33 bits per heavy atom. The fraction of sp³-hybridized carbons (Fsp3) is 0.682. The van der Waals surface area contributed by atoms with Crippen molar-refractivity contribution in [2.24, 2.45) is 0 Å². The van der Waals surface area contributed by atoms with E-state index >= 15 is 0 Å². The molecule has 0 spiro atoms. The summed E-state index contributed by atoms with van der Waals surface area (Å²) in [6.45, 7) is 10.2. The molecule has 2 aliphatic heterocycles. The van der Waals surface area contributed by atoms with Crippen molar-refractivity contribution < 1.29 is 14.3 Å². The third-order valence-corrected chi connectivity index (χ3v) is 5.85. The highest BCUT2D eigenvalue weighted by molar-refractivity contribution is 5.94. The van der Waals surface area contributed by atoms with Crippen molar-refractivity contribution in [2.45, 2.75) is 64.6 Å². The van der Waals surface area contributed by atoms with Crippen LogP contribution in [0.1, 0.15) is 56.8 Å². The predicted octanol–water partition coefficient (Wildman–Crippen LogP) is 3.58. The molecular weight excluding hydrogens is 340 g/mol. The Kier molecular flexibility index (Phi) is 7.13. The van der Waals surface area contributed by atoms with Gasteiger partial charge in [-0.05, 0) is 50.6 Å². The second-order valence-electron chi connectivity index (χ2n) is 7.52. The number of carbonyl (C=O) groups excluding carboxylic acids is 1. The van der Waals surface area contributed by atoms with E-state index in [4.69, 9.17) is 9.47 Å². The summed E-state index contributed by atoms with van der Waals surface area (Å²) in [5.74, 6) is 0.957. The van der Waals surface area contributed by atoms with Crippen LogP contribution in [0, 0.1) is 0 Å². The van der Waals surface area contributed by atoms with Gasteiger partial charge in [-0.25, -0.2) is 0 Å². The van der Waals surface area contributed by atoms with Crippen molar-refractivity contribution >= 4 is 5.91 Å². The minimum absolute atomic E-state index is 0.0848. The Morgan fingerprint density at radius 2 is 1.74 bits per heavy atom. The Hall–Kier alpha value is -1.59. The highest BCUT2D eigenvalue weighted by atomic mass is 16.5. The van der Waals surface area contributed by atoms with E-state index in [1.807, 2.05) is 43.0 Å². The van der Waals surface area contributed by atoms with Crippen LogP contribution in [0.25, 0.3) is 0 Å². The van der Waals surface area contributed by atoms with Gasteiger partial charge in [-0.3, -0.25) is 9.69 Å². The van der Waals surface area contributed by atoms with Gasteiger partial charge in [0.25, 0.3) is 5.91 Å². The Balaban J connectivity index is 0.00000102. The average Bonchev–Trinajstić information content (AvgIpc) is 3.12.